The lowest BCUT2D eigenvalue weighted by atomic mass is 9.82. The number of hydrogen-bond donors (Lipinski definition) is 0. The molecule has 42 heavy (non-hydrogen) atoms. The van der Waals surface area contributed by atoms with E-state index in [1.54, 1.807) is 0 Å². The summed E-state index contributed by atoms with van der Waals surface area (Å²) in [6.07, 6.45) is 9.57. The molecule has 210 valence electrons. The third-order valence-corrected chi connectivity index (χ3v) is 10.5. The second-order valence-corrected chi connectivity index (χ2v) is 13.1. The first kappa shape index (κ1) is 25.7. The Labute approximate surface area is 251 Å². The molecule has 4 aromatic rings. The maximum Gasteiger partial charge on any atom is 0.0490 e. The number of para-hydroxylation sites is 2. The van der Waals surface area contributed by atoms with Gasteiger partial charge in [-0.15, -0.1) is 0 Å². The van der Waals surface area contributed by atoms with Gasteiger partial charge in [-0.2, -0.15) is 0 Å². The van der Waals surface area contributed by atoms with Crippen LogP contribution in [0.3, 0.4) is 0 Å². The minimum Gasteiger partial charge on any atom is -0.338 e. The highest BCUT2D eigenvalue weighted by Gasteiger charge is 2.36. The molecule has 2 aliphatic heterocycles. The van der Waals surface area contributed by atoms with E-state index < -0.39 is 0 Å². The summed E-state index contributed by atoms with van der Waals surface area (Å²) in [5, 5.41) is 0. The predicted octanol–water partition coefficient (Wildman–Crippen LogP) is 10.3. The molecule has 4 unspecified atom stereocenters. The van der Waals surface area contributed by atoms with Crippen LogP contribution in [0.1, 0.15) is 85.8 Å². The van der Waals surface area contributed by atoms with Crippen molar-refractivity contribution in [1.29, 1.82) is 0 Å². The fourth-order valence-electron chi connectivity index (χ4n) is 8.48. The van der Waals surface area contributed by atoms with E-state index in [4.69, 9.17) is 0 Å². The molecule has 4 atom stereocenters. The summed E-state index contributed by atoms with van der Waals surface area (Å²) in [7, 11) is 0. The predicted molar refractivity (Wildman–Crippen MR) is 178 cm³/mol. The number of fused-ring (bicyclic) bond motifs is 4. The largest absolute Gasteiger partial charge is 0.338 e. The minimum absolute atomic E-state index is 0.435. The zero-order valence-corrected chi connectivity index (χ0v) is 25.3. The molecule has 2 nitrogen and oxygen atoms in total. The molecule has 8 rings (SSSR count). The maximum absolute atomic E-state index is 2.61. The average Bonchev–Trinajstić information content (AvgIpc) is 3.62. The molecule has 0 bridgehead atoms. The van der Waals surface area contributed by atoms with Crippen molar-refractivity contribution in [3.8, 4) is 0 Å². The first-order valence-electron chi connectivity index (χ1n) is 15.9. The zero-order chi connectivity index (χ0) is 28.5. The molecule has 0 radical (unpaired) electrons. The number of hydrogen-bond acceptors (Lipinski definition) is 2. The van der Waals surface area contributed by atoms with Crippen LogP contribution in [0.2, 0.25) is 0 Å². The van der Waals surface area contributed by atoms with E-state index in [2.05, 4.69) is 135 Å². The van der Waals surface area contributed by atoms with Crippen molar-refractivity contribution in [1.82, 2.24) is 0 Å². The lowest BCUT2D eigenvalue weighted by Gasteiger charge is -2.38. The number of benzene rings is 4. The summed E-state index contributed by atoms with van der Waals surface area (Å²) in [6.45, 7) is 9.47. The van der Waals surface area contributed by atoms with Crippen LogP contribution < -0.4 is 9.80 Å². The van der Waals surface area contributed by atoms with Gasteiger partial charge in [0.2, 0.25) is 0 Å². The lowest BCUT2D eigenvalue weighted by Crippen LogP contribution is -2.33. The highest BCUT2D eigenvalue weighted by Crippen LogP contribution is 2.52. The van der Waals surface area contributed by atoms with Crippen molar-refractivity contribution in [2.45, 2.75) is 77.3 Å². The van der Waals surface area contributed by atoms with Gasteiger partial charge in [-0.3, -0.25) is 0 Å². The van der Waals surface area contributed by atoms with Crippen LogP contribution in [0, 0.1) is 0 Å². The molecule has 2 aliphatic carbocycles. The van der Waals surface area contributed by atoms with Gasteiger partial charge in [0.15, 0.2) is 0 Å². The number of nitrogens with zero attached hydrogens (tertiary/aromatic N) is 2. The molecule has 0 amide bonds. The minimum atomic E-state index is 0.435. The van der Waals surface area contributed by atoms with Gasteiger partial charge in [-0.25, -0.2) is 0 Å². The molecule has 0 fully saturated rings. The van der Waals surface area contributed by atoms with Gasteiger partial charge in [0, 0.05) is 57.8 Å². The third-order valence-electron chi connectivity index (χ3n) is 10.5. The van der Waals surface area contributed by atoms with Crippen LogP contribution in [0.5, 0.6) is 0 Å². The van der Waals surface area contributed by atoms with E-state index >= 15 is 0 Å². The topological polar surface area (TPSA) is 6.48 Å². The summed E-state index contributed by atoms with van der Waals surface area (Å²) in [5.41, 5.74) is 17.3. The standard InChI is InChI=1S/C40H40N2/c1-25-21-35-31(13-9-17-39(35)41-27(3)19-20-29-11-5-7-15-37(29)41)33(25)24-34-26(2)22-36-32(34)14-10-18-40(36)42-28(4)23-30-12-6-8-16-38(30)42/h5-18,21-22,27-28,33-34H,19-20,23-24H2,1-4H3. The SMILES string of the molecule is CC1=Cc2c(cccc2N2c3ccccc3CCC2C)C1CC1C(C)=Cc2c1cccc2N1c2ccccc2CC1C. The number of rotatable bonds is 4. The first-order chi connectivity index (χ1) is 20.5. The summed E-state index contributed by atoms with van der Waals surface area (Å²) in [5.74, 6) is 0.871. The Kier molecular flexibility index (Phi) is 5.96. The Morgan fingerprint density at radius 3 is 1.69 bits per heavy atom. The summed E-state index contributed by atoms with van der Waals surface area (Å²) in [6, 6.07) is 33.0. The fraction of sp³-hybridized carbons (Fsp3) is 0.300. The Morgan fingerprint density at radius 2 is 1.07 bits per heavy atom. The maximum atomic E-state index is 2.61. The van der Waals surface area contributed by atoms with Gasteiger partial charge in [-0.05, 0) is 99.9 Å². The zero-order valence-electron chi connectivity index (χ0n) is 25.3. The van der Waals surface area contributed by atoms with Crippen molar-refractivity contribution < 1.29 is 0 Å². The van der Waals surface area contributed by atoms with Crippen LogP contribution >= 0.6 is 0 Å². The fourth-order valence-corrected chi connectivity index (χ4v) is 8.48. The van der Waals surface area contributed by atoms with Crippen LogP contribution in [0.25, 0.3) is 12.2 Å². The molecule has 2 heterocycles. The summed E-state index contributed by atoms with van der Waals surface area (Å²) >= 11 is 0. The molecule has 0 N–H and O–H groups in total. The smallest absolute Gasteiger partial charge is 0.0490 e. The molecule has 0 saturated heterocycles. The van der Waals surface area contributed by atoms with Crippen LogP contribution in [0.15, 0.2) is 96.1 Å². The highest BCUT2D eigenvalue weighted by atomic mass is 15.2. The van der Waals surface area contributed by atoms with Crippen LogP contribution in [0.4, 0.5) is 22.7 Å². The van der Waals surface area contributed by atoms with Crippen molar-refractivity contribution in [2.24, 2.45) is 0 Å². The number of anilines is 4. The van der Waals surface area contributed by atoms with Crippen LogP contribution in [-0.2, 0) is 12.8 Å². The van der Waals surface area contributed by atoms with E-state index in [9.17, 15) is 0 Å². The Bertz CT molecular complexity index is 1770. The lowest BCUT2D eigenvalue weighted by molar-refractivity contribution is 0.616. The first-order valence-corrected chi connectivity index (χ1v) is 15.9. The molecule has 0 aromatic heterocycles. The molecule has 4 aromatic carbocycles. The molecule has 2 heteroatoms. The molecule has 0 saturated carbocycles. The van der Waals surface area contributed by atoms with Gasteiger partial charge >= 0.3 is 0 Å². The van der Waals surface area contributed by atoms with Crippen molar-refractivity contribution in [3.63, 3.8) is 0 Å². The van der Waals surface area contributed by atoms with Crippen molar-refractivity contribution >= 4 is 34.9 Å². The normalized spacial score (nSPS) is 23.7. The number of allylic oxidation sites excluding steroid dienone is 2. The monoisotopic (exact) mass is 548 g/mol. The Balaban J connectivity index is 1.15. The van der Waals surface area contributed by atoms with Gasteiger partial charge in [0.25, 0.3) is 0 Å². The van der Waals surface area contributed by atoms with Gasteiger partial charge < -0.3 is 9.80 Å². The third kappa shape index (κ3) is 3.84. The van der Waals surface area contributed by atoms with E-state index in [1.807, 2.05) is 0 Å². The highest BCUT2D eigenvalue weighted by molar-refractivity contribution is 5.85. The Morgan fingerprint density at radius 1 is 0.571 bits per heavy atom. The van der Waals surface area contributed by atoms with Crippen LogP contribution in [-0.4, -0.2) is 12.1 Å². The summed E-state index contributed by atoms with van der Waals surface area (Å²) in [4.78, 5) is 5.20. The Hall–Kier alpha value is -4.04. The van der Waals surface area contributed by atoms with E-state index in [1.165, 1.54) is 73.7 Å². The van der Waals surface area contributed by atoms with E-state index in [0.717, 1.165) is 19.3 Å². The molecular formula is C40H40N2. The molecular weight excluding hydrogens is 508 g/mol. The molecule has 4 aliphatic rings. The second kappa shape index (κ2) is 9.76. The van der Waals surface area contributed by atoms with Gasteiger partial charge in [-0.1, -0.05) is 84.0 Å². The van der Waals surface area contributed by atoms with Crippen molar-refractivity contribution in [2.75, 3.05) is 9.80 Å². The summed E-state index contributed by atoms with van der Waals surface area (Å²) < 4.78 is 0. The second-order valence-electron chi connectivity index (χ2n) is 13.1. The quantitative estimate of drug-likeness (QED) is 0.250. The van der Waals surface area contributed by atoms with Gasteiger partial charge in [0.1, 0.15) is 0 Å². The number of aryl methyl sites for hydroxylation is 1. The van der Waals surface area contributed by atoms with Gasteiger partial charge in [0.05, 0.1) is 0 Å². The van der Waals surface area contributed by atoms with E-state index in [-0.39, 0.29) is 0 Å². The average molecular weight is 549 g/mol. The van der Waals surface area contributed by atoms with E-state index in [0.29, 0.717) is 23.9 Å². The molecule has 0 spiro atoms. The van der Waals surface area contributed by atoms with Crippen molar-refractivity contribution in [3.05, 3.63) is 129 Å².